The van der Waals surface area contributed by atoms with E-state index in [1.807, 2.05) is 18.2 Å². The molecule has 5 aromatic rings. The number of amides is 3. The van der Waals surface area contributed by atoms with Crippen molar-refractivity contribution in [3.63, 3.8) is 0 Å². The van der Waals surface area contributed by atoms with Gasteiger partial charge in [-0.05, 0) is 93.7 Å². The van der Waals surface area contributed by atoms with Crippen molar-refractivity contribution < 1.29 is 32.3 Å². The largest absolute Gasteiger partial charge is 0.444 e. The van der Waals surface area contributed by atoms with Crippen molar-refractivity contribution >= 4 is 40.3 Å². The minimum atomic E-state index is -2.87. The molecule has 6 heterocycles. The van der Waals surface area contributed by atoms with Gasteiger partial charge in [0.1, 0.15) is 18.1 Å². The lowest BCUT2D eigenvalue weighted by Crippen LogP contribution is -2.49. The Morgan fingerprint density at radius 3 is 2.62 bits per heavy atom. The minimum Gasteiger partial charge on any atom is -0.444 e. The smallest absolute Gasteiger partial charge is 0.329 e. The molecule has 4 fully saturated rings. The molecule has 18 nitrogen and oxygen atoms in total. The monoisotopic (exact) mass is 912 g/mol. The number of carbonyl (C=O) groups is 3. The van der Waals surface area contributed by atoms with Crippen LogP contribution >= 0.6 is 0 Å². The normalized spacial score (nSPS) is 21.8. The Morgan fingerprint density at radius 2 is 1.83 bits per heavy atom. The fourth-order valence-electron chi connectivity index (χ4n) is 9.55. The summed E-state index contributed by atoms with van der Waals surface area (Å²) in [6.45, 7) is 7.15. The maximum Gasteiger partial charge on any atom is 0.329 e. The summed E-state index contributed by atoms with van der Waals surface area (Å²) in [4.78, 5) is 64.0. The summed E-state index contributed by atoms with van der Waals surface area (Å²) >= 11 is 0. The van der Waals surface area contributed by atoms with Crippen LogP contribution in [0, 0.1) is 11.8 Å². The van der Waals surface area contributed by atoms with Crippen molar-refractivity contribution in [3.8, 4) is 11.5 Å². The number of carbonyl (C=O) groups excluding carboxylic acids is 3. The van der Waals surface area contributed by atoms with Crippen LogP contribution in [0.2, 0.25) is 0 Å². The van der Waals surface area contributed by atoms with Crippen molar-refractivity contribution in [3.05, 3.63) is 76.4 Å². The van der Waals surface area contributed by atoms with Gasteiger partial charge in [0.2, 0.25) is 17.7 Å². The second-order valence-electron chi connectivity index (χ2n) is 18.3. The number of likely N-dealkylation sites (N-methyl/N-ethyl adjacent to an activating group) is 1. The van der Waals surface area contributed by atoms with Gasteiger partial charge in [0, 0.05) is 83.8 Å². The molecule has 3 amide bonds. The number of halogens is 2. The number of hydrogen-bond donors (Lipinski definition) is 4. The molecule has 0 bridgehead atoms. The van der Waals surface area contributed by atoms with Gasteiger partial charge >= 0.3 is 5.69 Å². The van der Waals surface area contributed by atoms with Crippen molar-refractivity contribution in [2.24, 2.45) is 18.9 Å². The molecular weight excluding hydrogens is 855 g/mol. The standard InChI is InChI=1S/C46H58F2N12O6/c1-56(24-33-25-58(17-18-65-33)16-15-49-21-30-7-10-36-38(19-30)57(2)46(64)60(36)37-11-12-40(61)54-44(37)63)23-29-5-8-32(9-6-29)59-26-34(41(55-59)42(47)48)52-43(62)35-27-66-45(53-35)31-13-14-50-39(20-31)51-22-28-3-4-28/h7,10,13-14,19-20,26-29,32-33,37,42,49H,3-6,8-9,11-12,15-18,21-25H2,1-2H3,(H,50,51)(H,52,62)(H,54,61,63)/t29?,32?,33-,37?/m1/s1. The number of oxazole rings is 1. The Balaban J connectivity index is 0.705. The number of benzene rings is 1. The molecule has 20 heteroatoms. The number of imidazole rings is 1. The number of nitrogens with zero attached hydrogens (tertiary/aromatic N) is 8. The third-order valence-corrected chi connectivity index (χ3v) is 13.3. The van der Waals surface area contributed by atoms with Gasteiger partial charge in [0.25, 0.3) is 12.3 Å². The first-order valence-corrected chi connectivity index (χ1v) is 23.1. The molecule has 66 heavy (non-hydrogen) atoms. The van der Waals surface area contributed by atoms with Crippen LogP contribution in [0.1, 0.15) is 91.6 Å². The molecule has 4 aromatic heterocycles. The number of rotatable bonds is 18. The summed E-state index contributed by atoms with van der Waals surface area (Å²) in [6.07, 6.45) is 7.91. The zero-order valence-electron chi connectivity index (χ0n) is 37.4. The van der Waals surface area contributed by atoms with Crippen molar-refractivity contribution in [1.82, 2.24) is 49.3 Å². The van der Waals surface area contributed by atoms with E-state index in [0.29, 0.717) is 48.3 Å². The second-order valence-corrected chi connectivity index (χ2v) is 18.3. The maximum atomic E-state index is 14.2. The van der Waals surface area contributed by atoms with Crippen LogP contribution in [0.4, 0.5) is 20.3 Å². The topological polar surface area (TPSA) is 199 Å². The third-order valence-electron chi connectivity index (χ3n) is 13.3. The second kappa shape index (κ2) is 20.0. The Kier molecular flexibility index (Phi) is 13.7. The van der Waals surface area contributed by atoms with E-state index in [0.717, 1.165) is 82.6 Å². The highest BCUT2D eigenvalue weighted by molar-refractivity contribution is 6.03. The summed E-state index contributed by atoms with van der Waals surface area (Å²) in [5.41, 5.74) is 2.25. The number of aromatic nitrogens is 6. The molecule has 1 unspecified atom stereocenters. The lowest BCUT2D eigenvalue weighted by Gasteiger charge is -2.36. The van der Waals surface area contributed by atoms with Gasteiger partial charge in [-0.25, -0.2) is 23.5 Å². The lowest BCUT2D eigenvalue weighted by atomic mass is 9.86. The number of aryl methyl sites for hydroxylation is 1. The van der Waals surface area contributed by atoms with Crippen LogP contribution in [0.25, 0.3) is 22.5 Å². The number of alkyl halides is 2. The Hall–Kier alpha value is -5.83. The van der Waals surface area contributed by atoms with Crippen molar-refractivity contribution in [1.29, 1.82) is 0 Å². The Labute approximate surface area is 380 Å². The molecule has 2 atom stereocenters. The van der Waals surface area contributed by atoms with Crippen LogP contribution < -0.4 is 27.0 Å². The predicted molar refractivity (Wildman–Crippen MR) is 241 cm³/mol. The molecule has 1 aromatic carbocycles. The summed E-state index contributed by atoms with van der Waals surface area (Å²) < 4.78 is 44.8. The zero-order valence-corrected chi connectivity index (χ0v) is 37.4. The van der Waals surface area contributed by atoms with Crippen molar-refractivity contribution in [2.45, 2.75) is 82.5 Å². The van der Waals surface area contributed by atoms with E-state index >= 15 is 0 Å². The number of ether oxygens (including phenoxy) is 1. The van der Waals surface area contributed by atoms with Crippen LogP contribution in [0.3, 0.4) is 0 Å². The van der Waals surface area contributed by atoms with E-state index in [2.05, 4.69) is 53.2 Å². The summed E-state index contributed by atoms with van der Waals surface area (Å²) in [7, 11) is 3.82. The van der Waals surface area contributed by atoms with Gasteiger partial charge in [-0.3, -0.25) is 38.4 Å². The average molecular weight is 913 g/mol. The molecule has 0 spiro atoms. The van der Waals surface area contributed by atoms with Gasteiger partial charge in [-0.15, -0.1) is 0 Å². The van der Waals surface area contributed by atoms with Gasteiger partial charge in [-0.2, -0.15) is 5.10 Å². The number of imide groups is 1. The van der Waals surface area contributed by atoms with Crippen molar-refractivity contribution in [2.75, 3.05) is 70.1 Å². The summed E-state index contributed by atoms with van der Waals surface area (Å²) in [5.74, 6) is 0.606. The fourth-order valence-corrected chi connectivity index (χ4v) is 9.55. The molecule has 2 aliphatic carbocycles. The van der Waals surface area contributed by atoms with E-state index < -0.39 is 30.0 Å². The maximum absolute atomic E-state index is 14.2. The van der Waals surface area contributed by atoms with Crippen LogP contribution in [0.15, 0.2) is 58.2 Å². The zero-order chi connectivity index (χ0) is 45.9. The molecule has 0 radical (unpaired) electrons. The van der Waals surface area contributed by atoms with Crippen LogP contribution in [-0.4, -0.2) is 122 Å². The first-order chi connectivity index (χ1) is 31.9. The molecule has 2 saturated heterocycles. The van der Waals surface area contributed by atoms with Gasteiger partial charge in [0.05, 0.1) is 35.5 Å². The van der Waals surface area contributed by atoms with E-state index in [9.17, 15) is 28.0 Å². The van der Waals surface area contributed by atoms with E-state index in [-0.39, 0.29) is 47.4 Å². The highest BCUT2D eigenvalue weighted by Crippen LogP contribution is 2.36. The number of hydrogen-bond acceptors (Lipinski definition) is 13. The molecule has 352 valence electrons. The van der Waals surface area contributed by atoms with Gasteiger partial charge in [-0.1, -0.05) is 6.07 Å². The molecule has 2 aliphatic heterocycles. The number of morpholine rings is 1. The number of piperidine rings is 1. The minimum absolute atomic E-state index is 0.0313. The summed E-state index contributed by atoms with van der Waals surface area (Å²) in [5, 5.41) is 16.0. The summed E-state index contributed by atoms with van der Waals surface area (Å²) in [6, 6.07) is 8.58. The number of nitrogens with one attached hydrogen (secondary N) is 4. The van der Waals surface area contributed by atoms with E-state index in [1.54, 1.807) is 34.6 Å². The van der Waals surface area contributed by atoms with E-state index in [1.165, 1.54) is 29.9 Å². The SMILES string of the molecule is CN(CC1CCC(n2cc(NC(=O)c3coc(-c4ccnc(NCC5CC5)c4)n3)c(C(F)F)n2)CC1)C[C@@H]1CN(CCNCc2ccc3c(c2)n(C)c(=O)n3C2CCC(=O)NC2=O)CCO1. The molecular formula is C46H58F2N12O6. The van der Waals surface area contributed by atoms with Crippen LogP contribution in [0.5, 0.6) is 0 Å². The third kappa shape index (κ3) is 10.6. The molecule has 4 aliphatic rings. The predicted octanol–water partition coefficient (Wildman–Crippen LogP) is 4.73. The lowest BCUT2D eigenvalue weighted by molar-refractivity contribution is -0.135. The average Bonchev–Trinajstić information content (AvgIpc) is 3.72. The Bertz CT molecular complexity index is 2590. The quantitative estimate of drug-likeness (QED) is 0.0696. The highest BCUT2D eigenvalue weighted by atomic mass is 19.3. The number of pyridine rings is 1. The van der Waals surface area contributed by atoms with Gasteiger partial charge < -0.3 is 30.0 Å². The first kappa shape index (κ1) is 45.3. The van der Waals surface area contributed by atoms with E-state index in [4.69, 9.17) is 9.15 Å². The number of fused-ring (bicyclic) bond motifs is 1. The number of anilines is 2. The van der Waals surface area contributed by atoms with Crippen LogP contribution in [-0.2, 0) is 27.9 Å². The molecule has 4 N–H and O–H groups in total. The molecule has 2 saturated carbocycles. The van der Waals surface area contributed by atoms with Gasteiger partial charge in [0.15, 0.2) is 11.4 Å². The fraction of sp³-hybridized carbons (Fsp3) is 0.543. The Morgan fingerprint density at radius 1 is 1.02 bits per heavy atom. The molecule has 9 rings (SSSR count). The highest BCUT2D eigenvalue weighted by Gasteiger charge is 2.32. The first-order valence-electron chi connectivity index (χ1n) is 23.1.